The minimum Gasteiger partial charge on any atom is -0.426 e. The van der Waals surface area contributed by atoms with Crippen molar-refractivity contribution in [3.8, 4) is 11.8 Å². The van der Waals surface area contributed by atoms with E-state index in [9.17, 15) is 18.0 Å². The zero-order valence-corrected chi connectivity index (χ0v) is 17.9. The molecule has 0 saturated heterocycles. The number of rotatable bonds is 6. The zero-order valence-electron chi connectivity index (χ0n) is 17.9. The smallest absolute Gasteiger partial charge is 0.406 e. The van der Waals surface area contributed by atoms with Crippen LogP contribution in [0.2, 0.25) is 0 Å². The topological polar surface area (TPSA) is 71.1 Å². The fourth-order valence-electron chi connectivity index (χ4n) is 3.37. The van der Waals surface area contributed by atoms with Crippen molar-refractivity contribution >= 4 is 22.3 Å². The van der Waals surface area contributed by atoms with Crippen molar-refractivity contribution in [1.82, 2.24) is 15.0 Å². The highest BCUT2D eigenvalue weighted by Crippen LogP contribution is 2.32. The first-order valence-corrected chi connectivity index (χ1v) is 10.3. The molecule has 2 aromatic carbocycles. The Morgan fingerprint density at radius 3 is 2.24 bits per heavy atom. The van der Waals surface area contributed by atoms with Crippen LogP contribution < -0.4 is 15.2 Å². The molecule has 0 atom stereocenters. The van der Waals surface area contributed by atoms with Gasteiger partial charge in [-0.3, -0.25) is 14.8 Å². The second-order valence-corrected chi connectivity index (χ2v) is 7.81. The van der Waals surface area contributed by atoms with Crippen molar-refractivity contribution in [1.29, 1.82) is 0 Å². The van der Waals surface area contributed by atoms with E-state index in [1.807, 2.05) is 26.0 Å². The lowest BCUT2D eigenvalue weighted by Crippen LogP contribution is -2.30. The predicted octanol–water partition coefficient (Wildman–Crippen LogP) is 5.93. The summed E-state index contributed by atoms with van der Waals surface area (Å²) >= 11 is 0. The van der Waals surface area contributed by atoms with E-state index in [1.54, 1.807) is 18.2 Å². The zero-order chi connectivity index (χ0) is 23.6. The average molecular weight is 454 g/mol. The monoisotopic (exact) mass is 454 g/mol. The Balaban J connectivity index is 1.60. The number of hydrogen-bond acceptors (Lipinski definition) is 5. The minimum absolute atomic E-state index is 0.0373. The van der Waals surface area contributed by atoms with Crippen LogP contribution in [0.3, 0.4) is 0 Å². The quantitative estimate of drug-likeness (QED) is 0.391. The largest absolute Gasteiger partial charge is 0.426 e. The number of aromatic amines is 1. The number of ether oxygens (including phenoxy) is 1. The predicted molar refractivity (Wildman–Crippen MR) is 120 cm³/mol. The summed E-state index contributed by atoms with van der Waals surface area (Å²) in [7, 11) is 0. The lowest BCUT2D eigenvalue weighted by atomic mass is 10.0. The van der Waals surface area contributed by atoms with Gasteiger partial charge < -0.3 is 9.64 Å². The molecule has 0 aliphatic heterocycles. The molecule has 0 aliphatic carbocycles. The van der Waals surface area contributed by atoms with E-state index in [0.717, 1.165) is 5.56 Å². The number of H-pyrrole nitrogens is 1. The molecular weight excluding hydrogens is 433 g/mol. The van der Waals surface area contributed by atoms with E-state index in [0.29, 0.717) is 28.0 Å². The molecule has 4 aromatic rings. The first kappa shape index (κ1) is 22.3. The summed E-state index contributed by atoms with van der Waals surface area (Å²) in [6.45, 7) is 2.91. The van der Waals surface area contributed by atoms with E-state index < -0.39 is 12.7 Å². The van der Waals surface area contributed by atoms with Crippen LogP contribution in [0.1, 0.15) is 25.3 Å². The van der Waals surface area contributed by atoms with Crippen molar-refractivity contribution in [2.75, 3.05) is 11.4 Å². The summed E-state index contributed by atoms with van der Waals surface area (Å²) in [6.07, 6.45) is -1.46. The highest BCUT2D eigenvalue weighted by Gasteiger charge is 2.31. The van der Waals surface area contributed by atoms with Crippen LogP contribution in [-0.2, 0) is 0 Å². The van der Waals surface area contributed by atoms with Crippen LogP contribution in [0.4, 0.5) is 24.5 Å². The van der Waals surface area contributed by atoms with Gasteiger partial charge in [-0.15, -0.1) is 0 Å². The molecule has 6 nitrogen and oxygen atoms in total. The number of anilines is 2. The summed E-state index contributed by atoms with van der Waals surface area (Å²) in [5, 5.41) is 0.374. The maximum Gasteiger partial charge on any atom is 0.406 e. The first-order chi connectivity index (χ1) is 15.7. The highest BCUT2D eigenvalue weighted by molar-refractivity contribution is 5.76. The maximum absolute atomic E-state index is 13.3. The van der Waals surface area contributed by atoms with Gasteiger partial charge in [-0.2, -0.15) is 18.2 Å². The molecule has 0 fully saturated rings. The third kappa shape index (κ3) is 5.31. The number of pyridine rings is 1. The summed E-state index contributed by atoms with van der Waals surface area (Å²) in [6, 6.07) is 14.6. The van der Waals surface area contributed by atoms with E-state index in [2.05, 4.69) is 15.0 Å². The van der Waals surface area contributed by atoms with Gasteiger partial charge in [0.2, 0.25) is 0 Å². The molecule has 0 aliphatic rings. The van der Waals surface area contributed by atoms with Crippen molar-refractivity contribution in [3.63, 3.8) is 0 Å². The van der Waals surface area contributed by atoms with Gasteiger partial charge in [0, 0.05) is 17.6 Å². The number of fused-ring (bicyclic) bond motifs is 1. The Morgan fingerprint density at radius 2 is 1.64 bits per heavy atom. The van der Waals surface area contributed by atoms with Crippen molar-refractivity contribution in [2.45, 2.75) is 25.9 Å². The number of alkyl halides is 3. The Kier molecular flexibility index (Phi) is 6.04. The van der Waals surface area contributed by atoms with Crippen molar-refractivity contribution in [3.05, 3.63) is 82.9 Å². The lowest BCUT2D eigenvalue weighted by Gasteiger charge is -2.26. The third-order valence-electron chi connectivity index (χ3n) is 5.06. The van der Waals surface area contributed by atoms with Crippen LogP contribution in [0.15, 0.2) is 71.8 Å². The number of nitrogens with zero attached hydrogens (tertiary/aromatic N) is 3. The second-order valence-electron chi connectivity index (χ2n) is 7.81. The molecule has 33 heavy (non-hydrogen) atoms. The average Bonchev–Trinajstić information content (AvgIpc) is 2.78. The van der Waals surface area contributed by atoms with E-state index in [1.165, 1.54) is 41.6 Å². The Labute approximate surface area is 187 Å². The van der Waals surface area contributed by atoms with Crippen LogP contribution in [0.25, 0.3) is 10.9 Å². The second kappa shape index (κ2) is 8.93. The van der Waals surface area contributed by atoms with Gasteiger partial charge >= 0.3 is 12.2 Å². The van der Waals surface area contributed by atoms with E-state index >= 15 is 0 Å². The number of hydrogen-bond donors (Lipinski definition) is 1. The van der Waals surface area contributed by atoms with Crippen LogP contribution in [-0.4, -0.2) is 27.7 Å². The molecule has 0 spiro atoms. The standard InChI is InChI=1S/C24H21F3N4O2/c1-15(2)16-3-5-17(6-4-16)31(14-24(25,26)27)18-7-9-19(10-8-18)33-23-29-21-13-28-12-11-20(21)22(32)30-23/h3-13,15H,14H2,1-2H3,(H,29,30,32). The Bertz CT molecular complexity index is 1300. The van der Waals surface area contributed by atoms with Crippen molar-refractivity contribution < 1.29 is 17.9 Å². The first-order valence-electron chi connectivity index (χ1n) is 10.3. The summed E-state index contributed by atoms with van der Waals surface area (Å²) in [4.78, 5) is 24.0. The van der Waals surface area contributed by atoms with Gasteiger partial charge in [-0.1, -0.05) is 26.0 Å². The fourth-order valence-corrected chi connectivity index (χ4v) is 3.37. The molecule has 0 saturated carbocycles. The molecule has 0 radical (unpaired) electrons. The maximum atomic E-state index is 13.3. The van der Waals surface area contributed by atoms with Crippen LogP contribution in [0, 0.1) is 0 Å². The Hall–Kier alpha value is -3.88. The molecule has 2 aromatic heterocycles. The fraction of sp³-hybridized carbons (Fsp3) is 0.208. The SMILES string of the molecule is CC(C)c1ccc(N(CC(F)(F)F)c2ccc(Oc3nc4cnccc4c(=O)[nH]3)cc2)cc1. The molecule has 0 amide bonds. The molecule has 4 rings (SSSR count). The molecule has 9 heteroatoms. The molecule has 170 valence electrons. The number of halogens is 3. The van der Waals surface area contributed by atoms with Gasteiger partial charge in [-0.25, -0.2) is 0 Å². The van der Waals surface area contributed by atoms with Crippen LogP contribution >= 0.6 is 0 Å². The summed E-state index contributed by atoms with van der Waals surface area (Å²) in [5.41, 5.74) is 1.81. The molecule has 2 heterocycles. The molecule has 0 unspecified atom stereocenters. The molecular formula is C24H21F3N4O2. The van der Waals surface area contributed by atoms with E-state index in [-0.39, 0.29) is 17.5 Å². The third-order valence-corrected chi connectivity index (χ3v) is 5.06. The van der Waals surface area contributed by atoms with Crippen LogP contribution in [0.5, 0.6) is 11.8 Å². The molecule has 0 bridgehead atoms. The van der Waals surface area contributed by atoms with Gasteiger partial charge in [0.1, 0.15) is 12.3 Å². The normalized spacial score (nSPS) is 11.7. The van der Waals surface area contributed by atoms with Gasteiger partial charge in [-0.05, 0) is 53.9 Å². The van der Waals surface area contributed by atoms with Gasteiger partial charge in [0.25, 0.3) is 5.56 Å². The van der Waals surface area contributed by atoms with Gasteiger partial charge in [0.05, 0.1) is 17.1 Å². The Morgan fingerprint density at radius 1 is 1.00 bits per heavy atom. The van der Waals surface area contributed by atoms with Gasteiger partial charge in [0.15, 0.2) is 0 Å². The number of nitrogens with one attached hydrogen (secondary N) is 1. The van der Waals surface area contributed by atoms with E-state index in [4.69, 9.17) is 4.74 Å². The highest BCUT2D eigenvalue weighted by atomic mass is 19.4. The summed E-state index contributed by atoms with van der Waals surface area (Å²) in [5.74, 6) is 0.588. The number of benzene rings is 2. The molecule has 1 N–H and O–H groups in total. The minimum atomic E-state index is -4.39. The summed E-state index contributed by atoms with van der Waals surface area (Å²) < 4.78 is 45.5. The lowest BCUT2D eigenvalue weighted by molar-refractivity contribution is -0.118. The number of aromatic nitrogens is 3. The van der Waals surface area contributed by atoms with Crippen molar-refractivity contribution in [2.24, 2.45) is 0 Å².